The highest BCUT2D eigenvalue weighted by molar-refractivity contribution is 6.32. The molecule has 0 aliphatic rings. The summed E-state index contributed by atoms with van der Waals surface area (Å²) < 4.78 is 20.7. The quantitative estimate of drug-likeness (QED) is 0.251. The molecular formula is C27H21ClFN7O2. The summed E-state index contributed by atoms with van der Waals surface area (Å²) in [6, 6.07) is 17.1. The normalized spacial score (nSPS) is 10.8. The summed E-state index contributed by atoms with van der Waals surface area (Å²) in [5.41, 5.74) is 3.56. The van der Waals surface area contributed by atoms with Crippen molar-refractivity contribution in [2.45, 2.75) is 13.3 Å². The summed E-state index contributed by atoms with van der Waals surface area (Å²) in [7, 11) is 0. The number of halogens is 2. The van der Waals surface area contributed by atoms with E-state index >= 15 is 0 Å². The number of hydrogen-bond acceptors (Lipinski definition) is 7. The molecule has 2 N–H and O–H groups in total. The first-order chi connectivity index (χ1) is 18.5. The molecule has 0 saturated heterocycles. The lowest BCUT2D eigenvalue weighted by atomic mass is 10.1. The Hall–Kier alpha value is -4.83. The van der Waals surface area contributed by atoms with Crippen molar-refractivity contribution < 1.29 is 13.9 Å². The highest BCUT2D eigenvalue weighted by atomic mass is 35.5. The minimum absolute atomic E-state index is 0.171. The van der Waals surface area contributed by atoms with Gasteiger partial charge in [-0.3, -0.25) is 4.79 Å². The van der Waals surface area contributed by atoms with Crippen molar-refractivity contribution in [3.63, 3.8) is 0 Å². The minimum Gasteiger partial charge on any atom is -0.487 e. The van der Waals surface area contributed by atoms with Crippen molar-refractivity contribution in [1.82, 2.24) is 30.3 Å². The van der Waals surface area contributed by atoms with Gasteiger partial charge in [0.2, 0.25) is 5.91 Å². The van der Waals surface area contributed by atoms with Gasteiger partial charge in [0.25, 0.3) is 0 Å². The zero-order chi connectivity index (χ0) is 26.5. The van der Waals surface area contributed by atoms with E-state index in [0.29, 0.717) is 33.5 Å². The predicted molar refractivity (Wildman–Crippen MR) is 142 cm³/mol. The Labute approximate surface area is 221 Å². The first-order valence-corrected chi connectivity index (χ1v) is 11.9. The maximum Gasteiger partial charge on any atom is 0.244 e. The number of fused-ring (bicyclic) bond motifs is 1. The van der Waals surface area contributed by atoms with E-state index in [4.69, 9.17) is 16.3 Å². The summed E-state index contributed by atoms with van der Waals surface area (Å²) in [5.74, 6) is 0.432. The van der Waals surface area contributed by atoms with Crippen LogP contribution in [0.25, 0.3) is 22.2 Å². The van der Waals surface area contributed by atoms with Crippen LogP contribution in [0.3, 0.4) is 0 Å². The zero-order valence-electron chi connectivity index (χ0n) is 19.9. The van der Waals surface area contributed by atoms with Crippen LogP contribution in [0.1, 0.15) is 5.56 Å². The van der Waals surface area contributed by atoms with Crippen molar-refractivity contribution in [2.24, 2.45) is 0 Å². The van der Waals surface area contributed by atoms with E-state index in [-0.39, 0.29) is 25.0 Å². The van der Waals surface area contributed by atoms with Gasteiger partial charge in [0.1, 0.15) is 42.7 Å². The smallest absolute Gasteiger partial charge is 0.244 e. The van der Waals surface area contributed by atoms with Crippen LogP contribution in [0.5, 0.6) is 5.75 Å². The highest BCUT2D eigenvalue weighted by Gasteiger charge is 2.11. The van der Waals surface area contributed by atoms with E-state index < -0.39 is 0 Å². The van der Waals surface area contributed by atoms with Crippen molar-refractivity contribution in [1.29, 1.82) is 0 Å². The van der Waals surface area contributed by atoms with Crippen LogP contribution in [0.15, 0.2) is 85.8 Å². The van der Waals surface area contributed by atoms with E-state index in [1.165, 1.54) is 29.2 Å². The topological polar surface area (TPSA) is 107 Å². The number of hydrogen-bond donors (Lipinski definition) is 2. The van der Waals surface area contributed by atoms with Gasteiger partial charge in [0, 0.05) is 16.6 Å². The van der Waals surface area contributed by atoms with E-state index in [1.807, 2.05) is 24.3 Å². The van der Waals surface area contributed by atoms with Gasteiger partial charge < -0.3 is 15.4 Å². The van der Waals surface area contributed by atoms with Crippen LogP contribution >= 0.6 is 11.6 Å². The number of ether oxygens (including phenoxy) is 1. The largest absolute Gasteiger partial charge is 0.487 e. The Balaban J connectivity index is 1.34. The molecule has 11 heteroatoms. The third kappa shape index (κ3) is 5.76. The molecule has 9 nitrogen and oxygen atoms in total. The maximum absolute atomic E-state index is 13.4. The van der Waals surface area contributed by atoms with Gasteiger partial charge in [0.05, 0.1) is 16.7 Å². The first kappa shape index (κ1) is 24.8. The van der Waals surface area contributed by atoms with E-state index in [1.54, 1.807) is 30.5 Å². The van der Waals surface area contributed by atoms with Crippen LogP contribution in [0, 0.1) is 5.82 Å². The summed E-state index contributed by atoms with van der Waals surface area (Å²) in [6.07, 6.45) is 4.39. The number of carbonyl (C=O) groups is 1. The molecule has 2 aromatic heterocycles. The fourth-order valence-electron chi connectivity index (χ4n) is 3.67. The van der Waals surface area contributed by atoms with Crippen molar-refractivity contribution in [2.75, 3.05) is 5.32 Å². The second-order valence-corrected chi connectivity index (χ2v) is 8.60. The number of rotatable bonds is 9. The number of amides is 1. The van der Waals surface area contributed by atoms with Crippen molar-refractivity contribution in [3.05, 3.63) is 102 Å². The van der Waals surface area contributed by atoms with Gasteiger partial charge >= 0.3 is 0 Å². The van der Waals surface area contributed by atoms with Crippen LogP contribution in [-0.2, 0) is 18.1 Å². The average molecular weight is 530 g/mol. The zero-order valence-corrected chi connectivity index (χ0v) is 20.7. The Morgan fingerprint density at radius 3 is 2.84 bits per heavy atom. The average Bonchev–Trinajstić information content (AvgIpc) is 3.40. The number of nitrogens with zero attached hydrogens (tertiary/aromatic N) is 5. The van der Waals surface area contributed by atoms with E-state index in [0.717, 1.165) is 16.5 Å². The minimum atomic E-state index is -0.321. The molecule has 1 amide bonds. The van der Waals surface area contributed by atoms with Gasteiger partial charge in [-0.1, -0.05) is 41.6 Å². The molecule has 0 aliphatic heterocycles. The lowest BCUT2D eigenvalue weighted by molar-refractivity contribution is -0.117. The number of benzene rings is 3. The second-order valence-electron chi connectivity index (χ2n) is 8.19. The third-order valence-corrected chi connectivity index (χ3v) is 5.84. The summed E-state index contributed by atoms with van der Waals surface area (Å²) in [6.45, 7) is 3.78. The van der Waals surface area contributed by atoms with Gasteiger partial charge in [0.15, 0.2) is 0 Å². The third-order valence-electron chi connectivity index (χ3n) is 5.55. The fourth-order valence-corrected chi connectivity index (χ4v) is 3.91. The van der Waals surface area contributed by atoms with E-state index in [2.05, 4.69) is 37.5 Å². The van der Waals surface area contributed by atoms with E-state index in [9.17, 15) is 9.18 Å². The molecule has 0 fully saturated rings. The molecule has 190 valence electrons. The summed E-state index contributed by atoms with van der Waals surface area (Å²) in [4.78, 5) is 20.2. The molecule has 0 saturated carbocycles. The molecule has 38 heavy (non-hydrogen) atoms. The molecular weight excluding hydrogens is 509 g/mol. The Kier molecular flexibility index (Phi) is 7.23. The monoisotopic (exact) mass is 529 g/mol. The first-order valence-electron chi connectivity index (χ1n) is 11.5. The maximum atomic E-state index is 13.4. The summed E-state index contributed by atoms with van der Waals surface area (Å²) >= 11 is 6.45. The van der Waals surface area contributed by atoms with Gasteiger partial charge in [-0.15, -0.1) is 5.10 Å². The lowest BCUT2D eigenvalue weighted by Gasteiger charge is -2.12. The number of anilines is 2. The molecule has 5 aromatic rings. The molecule has 5 rings (SSSR count). The molecule has 0 radical (unpaired) electrons. The van der Waals surface area contributed by atoms with Gasteiger partial charge in [-0.05, 0) is 54.1 Å². The molecule has 2 heterocycles. The lowest BCUT2D eigenvalue weighted by Crippen LogP contribution is -2.24. The van der Waals surface area contributed by atoms with Crippen LogP contribution < -0.4 is 15.4 Å². The van der Waals surface area contributed by atoms with Crippen molar-refractivity contribution >= 4 is 39.9 Å². The number of nitrogens with one attached hydrogen (secondary N) is 2. The SMILES string of the molecule is C=CC(=O)NCn1cc(-c2ccc3ncnc(Nc4ccc(OCc5cccc(F)c5)c(Cl)c4)c3c2)nn1. The molecule has 0 atom stereocenters. The predicted octanol–water partition coefficient (Wildman–Crippen LogP) is 5.26. The number of aromatic nitrogens is 5. The molecule has 0 bridgehead atoms. The van der Waals surface area contributed by atoms with Gasteiger partial charge in [-0.2, -0.15) is 0 Å². The molecule has 0 unspecified atom stereocenters. The Morgan fingerprint density at radius 1 is 1.13 bits per heavy atom. The van der Waals surface area contributed by atoms with Gasteiger partial charge in [-0.25, -0.2) is 19.0 Å². The van der Waals surface area contributed by atoms with Crippen LogP contribution in [0.4, 0.5) is 15.9 Å². The van der Waals surface area contributed by atoms with Crippen LogP contribution in [0.2, 0.25) is 5.02 Å². The molecule has 3 aromatic carbocycles. The Morgan fingerprint density at radius 2 is 2.03 bits per heavy atom. The molecule has 0 spiro atoms. The fraction of sp³-hybridized carbons (Fsp3) is 0.0741. The molecule has 0 aliphatic carbocycles. The Bertz CT molecular complexity index is 1640. The van der Waals surface area contributed by atoms with Crippen LogP contribution in [-0.4, -0.2) is 30.9 Å². The highest BCUT2D eigenvalue weighted by Crippen LogP contribution is 2.32. The number of carbonyl (C=O) groups excluding carboxylic acids is 1. The summed E-state index contributed by atoms with van der Waals surface area (Å²) in [5, 5.41) is 15.3. The second kappa shape index (κ2) is 11.1. The standard InChI is InChI=1S/C27H21ClFN7O2/c1-2-26(37)32-16-36-13-24(34-35-36)18-6-8-23-21(11-18)27(31-15-30-23)33-20-7-9-25(22(28)12-20)38-14-17-4-3-5-19(29)10-17/h2-13,15H,1,14,16H2,(H,32,37)(H,30,31,33). The van der Waals surface area contributed by atoms with Crippen molar-refractivity contribution in [3.8, 4) is 17.0 Å².